The highest BCUT2D eigenvalue weighted by atomic mass is 79.9. The third-order valence-electron chi connectivity index (χ3n) is 1.55. The van der Waals surface area contributed by atoms with E-state index in [4.69, 9.17) is 0 Å². The summed E-state index contributed by atoms with van der Waals surface area (Å²) in [6.07, 6.45) is 1.07. The summed E-state index contributed by atoms with van der Waals surface area (Å²) in [5.41, 5.74) is 6.68. The second kappa shape index (κ2) is 5.36. The fourth-order valence-corrected chi connectivity index (χ4v) is 1.21. The molecule has 5 nitrogen and oxygen atoms in total. The molecule has 7 heteroatoms. The maximum Gasteiger partial charge on any atom is 0.329 e. The Hall–Kier alpha value is -1.76. The van der Waals surface area contributed by atoms with Gasteiger partial charge in [-0.05, 0) is 18.2 Å². The molecular formula is C9H7BrFN3O2. The maximum absolute atomic E-state index is 13.1. The molecule has 16 heavy (non-hydrogen) atoms. The molecule has 0 bridgehead atoms. The van der Waals surface area contributed by atoms with Gasteiger partial charge in [-0.1, -0.05) is 15.9 Å². The van der Waals surface area contributed by atoms with E-state index < -0.39 is 17.6 Å². The summed E-state index contributed by atoms with van der Waals surface area (Å²) in [6.45, 7) is 0. The van der Waals surface area contributed by atoms with Crippen molar-refractivity contribution >= 4 is 34.0 Å². The molecule has 0 saturated carbocycles. The minimum atomic E-state index is -1.16. The third-order valence-corrected chi connectivity index (χ3v) is 2.04. The number of hydrazone groups is 1. The third kappa shape index (κ3) is 3.43. The van der Waals surface area contributed by atoms with Crippen LogP contribution >= 0.6 is 15.9 Å². The number of nitrogens with zero attached hydrogens (tertiary/aromatic N) is 1. The van der Waals surface area contributed by atoms with Crippen molar-refractivity contribution in [3.05, 3.63) is 34.1 Å². The van der Waals surface area contributed by atoms with E-state index in [1.54, 1.807) is 0 Å². The number of hydrogen-bond acceptors (Lipinski definition) is 3. The quantitative estimate of drug-likeness (QED) is 0.472. The van der Waals surface area contributed by atoms with Gasteiger partial charge in [0.2, 0.25) is 0 Å². The predicted octanol–water partition coefficient (Wildman–Crippen LogP) is 0.524. The minimum Gasteiger partial charge on any atom is -0.361 e. The van der Waals surface area contributed by atoms with Crippen LogP contribution in [0.4, 0.5) is 4.39 Å². The first-order valence-corrected chi connectivity index (χ1v) is 4.88. The van der Waals surface area contributed by atoms with Crippen LogP contribution in [0.15, 0.2) is 27.8 Å². The van der Waals surface area contributed by atoms with Crippen LogP contribution in [0.3, 0.4) is 0 Å². The van der Waals surface area contributed by atoms with Gasteiger partial charge in [0.1, 0.15) is 5.82 Å². The molecule has 2 amide bonds. The lowest BCUT2D eigenvalue weighted by atomic mass is 10.2. The molecule has 0 saturated heterocycles. The van der Waals surface area contributed by atoms with Crippen LogP contribution in [0.1, 0.15) is 5.56 Å². The smallest absolute Gasteiger partial charge is 0.329 e. The van der Waals surface area contributed by atoms with Crippen LogP contribution in [0.25, 0.3) is 0 Å². The van der Waals surface area contributed by atoms with E-state index in [1.165, 1.54) is 18.2 Å². The van der Waals surface area contributed by atoms with Crippen molar-refractivity contribution in [1.82, 2.24) is 5.43 Å². The highest BCUT2D eigenvalue weighted by Gasteiger charge is 2.05. The van der Waals surface area contributed by atoms with E-state index in [-0.39, 0.29) is 5.56 Å². The number of carbonyl (C=O) groups excluding carboxylic acids is 2. The molecular weight excluding hydrogens is 281 g/mol. The van der Waals surface area contributed by atoms with Crippen molar-refractivity contribution in [2.75, 3.05) is 0 Å². The molecule has 0 spiro atoms. The number of amides is 2. The summed E-state index contributed by atoms with van der Waals surface area (Å²) in [7, 11) is 0. The van der Waals surface area contributed by atoms with Crippen LogP contribution in [0.2, 0.25) is 0 Å². The molecule has 1 aromatic rings. The monoisotopic (exact) mass is 287 g/mol. The number of nitrogens with one attached hydrogen (secondary N) is 1. The zero-order chi connectivity index (χ0) is 12.1. The molecule has 3 N–H and O–H groups in total. The molecule has 1 aromatic carbocycles. The second-order valence-electron chi connectivity index (χ2n) is 2.73. The van der Waals surface area contributed by atoms with Gasteiger partial charge >= 0.3 is 11.8 Å². The Kier molecular flexibility index (Phi) is 4.12. The van der Waals surface area contributed by atoms with Gasteiger partial charge in [0.25, 0.3) is 0 Å². The first-order valence-electron chi connectivity index (χ1n) is 4.08. The topological polar surface area (TPSA) is 84.5 Å². The Morgan fingerprint density at radius 2 is 2.19 bits per heavy atom. The number of nitrogens with two attached hydrogens (primary N) is 1. The van der Waals surface area contributed by atoms with E-state index >= 15 is 0 Å². The van der Waals surface area contributed by atoms with Gasteiger partial charge in [-0.3, -0.25) is 9.59 Å². The Morgan fingerprint density at radius 3 is 2.81 bits per heavy atom. The molecule has 0 aliphatic rings. The van der Waals surface area contributed by atoms with Crippen molar-refractivity contribution in [3.8, 4) is 0 Å². The Morgan fingerprint density at radius 1 is 1.50 bits per heavy atom. The van der Waals surface area contributed by atoms with Gasteiger partial charge in [-0.25, -0.2) is 9.82 Å². The number of rotatable bonds is 2. The van der Waals surface area contributed by atoms with Gasteiger partial charge in [-0.15, -0.1) is 0 Å². The Bertz CT molecular complexity index is 462. The molecule has 0 aromatic heterocycles. The van der Waals surface area contributed by atoms with Crippen LogP contribution in [-0.4, -0.2) is 18.0 Å². The number of primary amides is 1. The maximum atomic E-state index is 13.1. The van der Waals surface area contributed by atoms with E-state index in [1.807, 2.05) is 5.43 Å². The summed E-state index contributed by atoms with van der Waals surface area (Å²) in [4.78, 5) is 21.0. The zero-order valence-electron chi connectivity index (χ0n) is 7.91. The number of carbonyl (C=O) groups is 2. The largest absolute Gasteiger partial charge is 0.361 e. The molecule has 0 aliphatic heterocycles. The van der Waals surface area contributed by atoms with E-state index in [9.17, 15) is 14.0 Å². The lowest BCUT2D eigenvalue weighted by Gasteiger charge is -1.97. The van der Waals surface area contributed by atoms with Gasteiger partial charge in [0, 0.05) is 10.0 Å². The van der Waals surface area contributed by atoms with E-state index in [2.05, 4.69) is 26.8 Å². The molecule has 0 heterocycles. The summed E-state index contributed by atoms with van der Waals surface area (Å²) in [5, 5.41) is 3.38. The fraction of sp³-hybridized carbons (Fsp3) is 0. The molecule has 0 unspecified atom stereocenters. The van der Waals surface area contributed by atoms with Crippen LogP contribution in [0.5, 0.6) is 0 Å². The highest BCUT2D eigenvalue weighted by Crippen LogP contribution is 2.13. The van der Waals surface area contributed by atoms with Crippen molar-refractivity contribution in [3.63, 3.8) is 0 Å². The summed E-state index contributed by atoms with van der Waals surface area (Å²) < 4.78 is 13.8. The first-order chi connectivity index (χ1) is 7.50. The van der Waals surface area contributed by atoms with E-state index in [0.29, 0.717) is 4.47 Å². The Labute approximate surface area is 98.6 Å². The molecule has 0 radical (unpaired) electrons. The van der Waals surface area contributed by atoms with Crippen LogP contribution < -0.4 is 11.2 Å². The van der Waals surface area contributed by atoms with Crippen LogP contribution in [0, 0.1) is 5.82 Å². The summed E-state index contributed by atoms with van der Waals surface area (Å²) in [5.74, 6) is -2.72. The van der Waals surface area contributed by atoms with Gasteiger partial charge < -0.3 is 5.73 Å². The standard InChI is InChI=1S/C9H7BrFN3O2/c10-6-1-2-7(11)5(3-6)4-13-14-9(16)8(12)15/h1-4H,(H2,12,15)(H,14,16)/b13-4+. The predicted molar refractivity (Wildman–Crippen MR) is 59.0 cm³/mol. The van der Waals surface area contributed by atoms with Gasteiger partial charge in [0.05, 0.1) is 6.21 Å². The molecule has 0 aliphatic carbocycles. The fourth-order valence-electron chi connectivity index (χ4n) is 0.829. The lowest BCUT2D eigenvalue weighted by molar-refractivity contribution is -0.137. The minimum absolute atomic E-state index is 0.166. The molecule has 0 fully saturated rings. The molecule has 0 atom stereocenters. The highest BCUT2D eigenvalue weighted by molar-refractivity contribution is 9.10. The SMILES string of the molecule is NC(=O)C(=O)N/N=C/c1cc(Br)ccc1F. The average molecular weight is 288 g/mol. The van der Waals surface area contributed by atoms with Crippen molar-refractivity contribution in [2.24, 2.45) is 10.8 Å². The summed E-state index contributed by atoms with van der Waals surface area (Å²) >= 11 is 3.15. The van der Waals surface area contributed by atoms with Crippen molar-refractivity contribution < 1.29 is 14.0 Å². The molecule has 1 rings (SSSR count). The first kappa shape index (κ1) is 12.3. The van der Waals surface area contributed by atoms with Crippen molar-refractivity contribution in [1.29, 1.82) is 0 Å². The second-order valence-corrected chi connectivity index (χ2v) is 3.64. The Balaban J connectivity index is 2.73. The zero-order valence-corrected chi connectivity index (χ0v) is 9.49. The number of hydrogen-bond donors (Lipinski definition) is 2. The molecule has 84 valence electrons. The normalized spacial score (nSPS) is 10.4. The number of benzene rings is 1. The average Bonchev–Trinajstić information content (AvgIpc) is 2.22. The van der Waals surface area contributed by atoms with Crippen LogP contribution in [-0.2, 0) is 9.59 Å². The number of halogens is 2. The lowest BCUT2D eigenvalue weighted by Crippen LogP contribution is -2.32. The van der Waals surface area contributed by atoms with Gasteiger partial charge in [-0.2, -0.15) is 5.10 Å². The van der Waals surface area contributed by atoms with Gasteiger partial charge in [0.15, 0.2) is 0 Å². The summed E-state index contributed by atoms with van der Waals surface area (Å²) in [6, 6.07) is 4.23. The van der Waals surface area contributed by atoms with E-state index in [0.717, 1.165) is 6.21 Å². The van der Waals surface area contributed by atoms with Crippen molar-refractivity contribution in [2.45, 2.75) is 0 Å².